The largest absolute Gasteiger partial charge is 0.497 e. The molecule has 7 heteroatoms. The Morgan fingerprint density at radius 2 is 1.88 bits per heavy atom. The smallest absolute Gasteiger partial charge is 0.261 e. The molecule has 2 aromatic carbocycles. The maximum Gasteiger partial charge on any atom is 0.261 e. The monoisotopic (exact) mass is 504 g/mol. The summed E-state index contributed by atoms with van der Waals surface area (Å²) in [5.74, 6) is 1.23. The summed E-state index contributed by atoms with van der Waals surface area (Å²) < 4.78 is 12.1. The first-order valence-corrected chi connectivity index (χ1v) is 11.6. The Bertz CT molecular complexity index is 917. The van der Waals surface area contributed by atoms with E-state index in [4.69, 9.17) is 9.47 Å². The zero-order valence-corrected chi connectivity index (χ0v) is 21.1. The molecule has 174 valence electrons. The van der Waals surface area contributed by atoms with Crippen LogP contribution in [0.1, 0.15) is 38.3 Å². The molecule has 1 atom stereocenters. The number of nitrogens with zero attached hydrogens (tertiary/aromatic N) is 1. The maximum absolute atomic E-state index is 13.3. The minimum Gasteiger partial charge on any atom is -0.497 e. The highest BCUT2D eigenvalue weighted by atomic mass is 79.9. The van der Waals surface area contributed by atoms with Crippen LogP contribution in [0, 0.1) is 12.8 Å². The molecular formula is C25H33BrN2O4. The van der Waals surface area contributed by atoms with Gasteiger partial charge in [0.15, 0.2) is 6.61 Å². The van der Waals surface area contributed by atoms with Crippen molar-refractivity contribution in [2.24, 2.45) is 5.92 Å². The Labute approximate surface area is 199 Å². The van der Waals surface area contributed by atoms with Crippen LogP contribution in [0.3, 0.4) is 0 Å². The van der Waals surface area contributed by atoms with E-state index >= 15 is 0 Å². The molecule has 1 unspecified atom stereocenters. The number of nitrogens with one attached hydrogen (secondary N) is 1. The number of halogens is 1. The van der Waals surface area contributed by atoms with Crippen LogP contribution in [-0.4, -0.2) is 43.0 Å². The molecule has 32 heavy (non-hydrogen) atoms. The van der Waals surface area contributed by atoms with E-state index in [1.54, 1.807) is 12.0 Å². The third-order valence-corrected chi connectivity index (χ3v) is 5.94. The van der Waals surface area contributed by atoms with Gasteiger partial charge in [-0.3, -0.25) is 9.59 Å². The molecule has 0 saturated heterocycles. The molecule has 0 aromatic heterocycles. The number of carbonyl (C=O) groups is 2. The Morgan fingerprint density at radius 1 is 1.12 bits per heavy atom. The molecule has 0 bridgehead atoms. The van der Waals surface area contributed by atoms with Crippen LogP contribution in [0.4, 0.5) is 0 Å². The van der Waals surface area contributed by atoms with Gasteiger partial charge in [-0.05, 0) is 60.7 Å². The minimum atomic E-state index is -0.595. The highest BCUT2D eigenvalue weighted by molar-refractivity contribution is 9.10. The first-order chi connectivity index (χ1) is 15.2. The molecule has 0 aliphatic rings. The molecule has 0 heterocycles. The summed E-state index contributed by atoms with van der Waals surface area (Å²) in [7, 11) is 1.60. The van der Waals surface area contributed by atoms with E-state index in [9.17, 15) is 9.59 Å². The molecule has 0 saturated carbocycles. The number of hydrogen-bond donors (Lipinski definition) is 1. The molecule has 2 amide bonds. The predicted molar refractivity (Wildman–Crippen MR) is 130 cm³/mol. The summed E-state index contributed by atoms with van der Waals surface area (Å²) in [5.41, 5.74) is 1.90. The lowest BCUT2D eigenvalue weighted by atomic mass is 10.1. The Balaban J connectivity index is 2.22. The quantitative estimate of drug-likeness (QED) is 0.480. The van der Waals surface area contributed by atoms with E-state index in [-0.39, 0.29) is 25.0 Å². The molecular weight excluding hydrogens is 472 g/mol. The summed E-state index contributed by atoms with van der Waals surface area (Å²) in [5, 5.41) is 2.96. The maximum atomic E-state index is 13.3. The average Bonchev–Trinajstić information content (AvgIpc) is 2.78. The van der Waals surface area contributed by atoms with Crippen LogP contribution in [0.2, 0.25) is 0 Å². The van der Waals surface area contributed by atoms with E-state index in [2.05, 4.69) is 21.2 Å². The van der Waals surface area contributed by atoms with Crippen molar-refractivity contribution >= 4 is 27.7 Å². The Morgan fingerprint density at radius 3 is 2.50 bits per heavy atom. The molecule has 2 aromatic rings. The van der Waals surface area contributed by atoms with E-state index in [0.29, 0.717) is 30.4 Å². The van der Waals surface area contributed by atoms with Crippen molar-refractivity contribution in [3.63, 3.8) is 0 Å². The second kappa shape index (κ2) is 12.5. The number of benzene rings is 2. The van der Waals surface area contributed by atoms with Gasteiger partial charge < -0.3 is 19.7 Å². The zero-order chi connectivity index (χ0) is 23.7. The van der Waals surface area contributed by atoms with E-state index < -0.39 is 6.04 Å². The van der Waals surface area contributed by atoms with Crippen LogP contribution in [0.25, 0.3) is 0 Å². The lowest BCUT2D eigenvalue weighted by Crippen LogP contribution is -2.50. The van der Waals surface area contributed by atoms with Crippen molar-refractivity contribution < 1.29 is 19.1 Å². The lowest BCUT2D eigenvalue weighted by Gasteiger charge is -2.31. The van der Waals surface area contributed by atoms with Crippen LogP contribution in [0.15, 0.2) is 46.9 Å². The summed E-state index contributed by atoms with van der Waals surface area (Å²) in [6.45, 7) is 8.63. The molecule has 0 aliphatic heterocycles. The van der Waals surface area contributed by atoms with Gasteiger partial charge in [-0.1, -0.05) is 48.8 Å². The number of methoxy groups -OCH3 is 1. The summed E-state index contributed by atoms with van der Waals surface area (Å²) >= 11 is 3.47. The summed E-state index contributed by atoms with van der Waals surface area (Å²) in [6, 6.07) is 12.5. The molecule has 1 N–H and O–H groups in total. The average molecular weight is 505 g/mol. The van der Waals surface area contributed by atoms with Gasteiger partial charge in [0.2, 0.25) is 5.91 Å². The second-order valence-electron chi connectivity index (χ2n) is 8.14. The molecule has 0 fully saturated rings. The van der Waals surface area contributed by atoms with Gasteiger partial charge in [0.1, 0.15) is 17.5 Å². The van der Waals surface area contributed by atoms with Crippen LogP contribution >= 0.6 is 15.9 Å². The van der Waals surface area contributed by atoms with Gasteiger partial charge in [0.05, 0.1) is 7.11 Å². The van der Waals surface area contributed by atoms with Crippen LogP contribution < -0.4 is 14.8 Å². The fourth-order valence-electron chi connectivity index (χ4n) is 3.24. The third kappa shape index (κ3) is 7.55. The Hall–Kier alpha value is -2.54. The topological polar surface area (TPSA) is 67.9 Å². The summed E-state index contributed by atoms with van der Waals surface area (Å²) in [6.07, 6.45) is 0.497. The van der Waals surface area contributed by atoms with Crippen molar-refractivity contribution in [3.05, 3.63) is 58.1 Å². The minimum absolute atomic E-state index is 0.154. The highest BCUT2D eigenvalue weighted by Gasteiger charge is 2.29. The SMILES string of the molecule is CCC(C(=O)NCC(C)C)N(Cc1cccc(OC)c1)C(=O)COc1ccc(Br)c(C)c1. The van der Waals surface area contributed by atoms with Crippen molar-refractivity contribution in [1.29, 1.82) is 0 Å². The number of carbonyl (C=O) groups excluding carboxylic acids is 2. The van der Waals surface area contributed by atoms with Crippen LogP contribution in [0.5, 0.6) is 11.5 Å². The van der Waals surface area contributed by atoms with Gasteiger partial charge in [-0.25, -0.2) is 0 Å². The van der Waals surface area contributed by atoms with Gasteiger partial charge in [0.25, 0.3) is 5.91 Å². The van der Waals surface area contributed by atoms with Gasteiger partial charge in [0, 0.05) is 17.6 Å². The van der Waals surface area contributed by atoms with Crippen LogP contribution in [-0.2, 0) is 16.1 Å². The zero-order valence-electron chi connectivity index (χ0n) is 19.5. The molecule has 6 nitrogen and oxygen atoms in total. The number of aryl methyl sites for hydroxylation is 1. The lowest BCUT2D eigenvalue weighted by molar-refractivity contribution is -0.143. The standard InChI is InChI=1S/C25H33BrN2O4/c1-6-23(25(30)27-14-17(2)3)28(15-19-8-7-9-20(13-19)31-5)24(29)16-32-21-10-11-22(26)18(4)12-21/h7-13,17,23H,6,14-16H2,1-5H3,(H,27,30). The van der Waals surface area contributed by atoms with E-state index in [1.807, 2.05) is 70.2 Å². The Kier molecular flexibility index (Phi) is 10.0. The van der Waals surface area contributed by atoms with E-state index in [0.717, 1.165) is 15.6 Å². The molecule has 2 rings (SSSR count). The van der Waals surface area contributed by atoms with Crippen molar-refractivity contribution in [1.82, 2.24) is 10.2 Å². The first-order valence-electron chi connectivity index (χ1n) is 10.8. The number of amides is 2. The van der Waals surface area contributed by atoms with Gasteiger partial charge >= 0.3 is 0 Å². The molecule has 0 radical (unpaired) electrons. The normalized spacial score (nSPS) is 11.7. The highest BCUT2D eigenvalue weighted by Crippen LogP contribution is 2.22. The van der Waals surface area contributed by atoms with Crippen molar-refractivity contribution in [2.45, 2.75) is 46.7 Å². The molecule has 0 spiro atoms. The number of ether oxygens (including phenoxy) is 2. The van der Waals surface area contributed by atoms with E-state index in [1.165, 1.54) is 0 Å². The van der Waals surface area contributed by atoms with Crippen molar-refractivity contribution in [3.8, 4) is 11.5 Å². The number of rotatable bonds is 11. The fourth-order valence-corrected chi connectivity index (χ4v) is 3.49. The first kappa shape index (κ1) is 25.7. The van der Waals surface area contributed by atoms with Gasteiger partial charge in [-0.2, -0.15) is 0 Å². The fraction of sp³-hybridized carbons (Fsp3) is 0.440. The third-order valence-electron chi connectivity index (χ3n) is 5.05. The predicted octanol–water partition coefficient (Wildman–Crippen LogP) is 4.72. The second-order valence-corrected chi connectivity index (χ2v) is 8.99. The summed E-state index contributed by atoms with van der Waals surface area (Å²) in [4.78, 5) is 27.8. The molecule has 0 aliphatic carbocycles. The van der Waals surface area contributed by atoms with Gasteiger partial charge in [-0.15, -0.1) is 0 Å². The number of hydrogen-bond acceptors (Lipinski definition) is 4. The van der Waals surface area contributed by atoms with Crippen molar-refractivity contribution in [2.75, 3.05) is 20.3 Å².